The van der Waals surface area contributed by atoms with Crippen molar-refractivity contribution in [3.8, 4) is 0 Å². The molecule has 0 saturated carbocycles. The van der Waals surface area contributed by atoms with Gasteiger partial charge in [0.05, 0.1) is 6.20 Å². The van der Waals surface area contributed by atoms with Crippen molar-refractivity contribution in [2.24, 2.45) is 7.05 Å². The summed E-state index contributed by atoms with van der Waals surface area (Å²) in [5.74, 6) is 0. The first kappa shape index (κ1) is 17.4. The van der Waals surface area contributed by atoms with E-state index in [1.807, 2.05) is 60.7 Å². The molecular formula is C19H21N3O2S. The fourth-order valence-electron chi connectivity index (χ4n) is 2.65. The summed E-state index contributed by atoms with van der Waals surface area (Å²) in [7, 11) is -1.89. The van der Waals surface area contributed by atoms with Crippen LogP contribution in [0.25, 0.3) is 0 Å². The lowest BCUT2D eigenvalue weighted by atomic mass is 10.1. The molecule has 5 nitrogen and oxygen atoms in total. The second kappa shape index (κ2) is 7.63. The summed E-state index contributed by atoms with van der Waals surface area (Å²) in [4.78, 5) is 0.221. The molecule has 2 aromatic carbocycles. The molecular weight excluding hydrogens is 334 g/mol. The van der Waals surface area contributed by atoms with E-state index in [1.54, 1.807) is 7.05 Å². The van der Waals surface area contributed by atoms with Gasteiger partial charge in [0.2, 0.25) is 10.0 Å². The third kappa shape index (κ3) is 4.35. The molecule has 0 atom stereocenters. The molecule has 130 valence electrons. The Bertz CT molecular complexity index is 906. The monoisotopic (exact) mass is 355 g/mol. The SMILES string of the molecule is Cn1cc(S(=O)(=O)N(CCc2ccccc2)Cc2ccccc2)cn1. The molecule has 0 N–H and O–H groups in total. The van der Waals surface area contributed by atoms with Gasteiger partial charge in [-0.15, -0.1) is 0 Å². The highest BCUT2D eigenvalue weighted by atomic mass is 32.2. The van der Waals surface area contributed by atoms with E-state index in [9.17, 15) is 8.42 Å². The van der Waals surface area contributed by atoms with E-state index in [0.29, 0.717) is 19.5 Å². The Morgan fingerprint density at radius 2 is 1.56 bits per heavy atom. The number of hydrogen-bond donors (Lipinski definition) is 0. The molecule has 0 aliphatic heterocycles. The van der Waals surface area contributed by atoms with Gasteiger partial charge in [0.15, 0.2) is 0 Å². The maximum atomic E-state index is 13.0. The van der Waals surface area contributed by atoms with Crippen molar-refractivity contribution in [1.82, 2.24) is 14.1 Å². The average molecular weight is 355 g/mol. The molecule has 0 fully saturated rings. The lowest BCUT2D eigenvalue weighted by Gasteiger charge is -2.21. The van der Waals surface area contributed by atoms with Crippen molar-refractivity contribution in [2.75, 3.05) is 6.54 Å². The standard InChI is InChI=1S/C19H21N3O2S/c1-21-16-19(14-20-21)25(23,24)22(15-18-10-6-3-7-11-18)13-12-17-8-4-2-5-9-17/h2-11,14,16H,12-13,15H2,1H3. The topological polar surface area (TPSA) is 55.2 Å². The maximum Gasteiger partial charge on any atom is 0.246 e. The van der Waals surface area contributed by atoms with Crippen molar-refractivity contribution >= 4 is 10.0 Å². The Morgan fingerprint density at radius 1 is 0.960 bits per heavy atom. The van der Waals surface area contributed by atoms with E-state index in [4.69, 9.17) is 0 Å². The van der Waals surface area contributed by atoms with Gasteiger partial charge in [0, 0.05) is 26.3 Å². The Hall–Kier alpha value is -2.44. The number of benzene rings is 2. The van der Waals surface area contributed by atoms with Gasteiger partial charge in [-0.3, -0.25) is 4.68 Å². The second-order valence-corrected chi connectivity index (χ2v) is 7.85. The van der Waals surface area contributed by atoms with E-state index in [-0.39, 0.29) is 4.90 Å². The summed E-state index contributed by atoms with van der Waals surface area (Å²) in [5.41, 5.74) is 2.07. The molecule has 0 bridgehead atoms. The Kier molecular flexibility index (Phi) is 5.31. The van der Waals surface area contributed by atoms with Gasteiger partial charge in [-0.1, -0.05) is 60.7 Å². The minimum Gasteiger partial charge on any atom is -0.274 e. The highest BCUT2D eigenvalue weighted by Gasteiger charge is 2.25. The van der Waals surface area contributed by atoms with Crippen LogP contribution >= 0.6 is 0 Å². The number of aromatic nitrogens is 2. The van der Waals surface area contributed by atoms with E-state index < -0.39 is 10.0 Å². The third-order valence-corrected chi connectivity index (χ3v) is 5.81. The first-order valence-electron chi connectivity index (χ1n) is 8.12. The lowest BCUT2D eigenvalue weighted by molar-refractivity contribution is 0.409. The predicted octanol–water partition coefficient (Wildman–Crippen LogP) is 2.85. The van der Waals surface area contributed by atoms with Crippen LogP contribution in [0.15, 0.2) is 78.0 Å². The number of aryl methyl sites for hydroxylation is 1. The highest BCUT2D eigenvalue weighted by molar-refractivity contribution is 7.89. The fraction of sp³-hybridized carbons (Fsp3) is 0.211. The number of nitrogens with zero attached hydrogens (tertiary/aromatic N) is 3. The molecule has 6 heteroatoms. The number of rotatable bonds is 7. The van der Waals surface area contributed by atoms with Crippen LogP contribution in [-0.4, -0.2) is 29.0 Å². The Balaban J connectivity index is 1.85. The molecule has 0 radical (unpaired) electrons. The van der Waals surface area contributed by atoms with E-state index in [2.05, 4.69) is 5.10 Å². The van der Waals surface area contributed by atoms with Crippen LogP contribution in [0.2, 0.25) is 0 Å². The van der Waals surface area contributed by atoms with Gasteiger partial charge in [-0.2, -0.15) is 9.40 Å². The minimum absolute atomic E-state index is 0.221. The van der Waals surface area contributed by atoms with Crippen LogP contribution in [0, 0.1) is 0 Å². The van der Waals surface area contributed by atoms with Gasteiger partial charge < -0.3 is 0 Å². The van der Waals surface area contributed by atoms with Gasteiger partial charge in [-0.05, 0) is 17.5 Å². The highest BCUT2D eigenvalue weighted by Crippen LogP contribution is 2.18. The first-order chi connectivity index (χ1) is 12.1. The second-order valence-electron chi connectivity index (χ2n) is 5.91. The van der Waals surface area contributed by atoms with Gasteiger partial charge in [0.25, 0.3) is 0 Å². The molecule has 1 aromatic heterocycles. The van der Waals surface area contributed by atoms with Crippen molar-refractivity contribution in [1.29, 1.82) is 0 Å². The van der Waals surface area contributed by atoms with Crippen LogP contribution in [0.1, 0.15) is 11.1 Å². The van der Waals surface area contributed by atoms with Gasteiger partial charge in [-0.25, -0.2) is 8.42 Å². The largest absolute Gasteiger partial charge is 0.274 e. The Morgan fingerprint density at radius 3 is 2.12 bits per heavy atom. The predicted molar refractivity (Wildman–Crippen MR) is 97.4 cm³/mol. The van der Waals surface area contributed by atoms with Crippen molar-refractivity contribution in [3.05, 3.63) is 84.2 Å². The zero-order chi connectivity index (χ0) is 17.7. The van der Waals surface area contributed by atoms with E-state index >= 15 is 0 Å². The van der Waals surface area contributed by atoms with Crippen molar-refractivity contribution in [2.45, 2.75) is 17.9 Å². The molecule has 0 amide bonds. The lowest BCUT2D eigenvalue weighted by Crippen LogP contribution is -2.32. The number of hydrogen-bond acceptors (Lipinski definition) is 3. The van der Waals surface area contributed by atoms with Crippen LogP contribution in [0.4, 0.5) is 0 Å². The van der Waals surface area contributed by atoms with Crippen LogP contribution < -0.4 is 0 Å². The van der Waals surface area contributed by atoms with Crippen LogP contribution in [-0.2, 0) is 30.0 Å². The number of sulfonamides is 1. The molecule has 0 saturated heterocycles. The van der Waals surface area contributed by atoms with Gasteiger partial charge >= 0.3 is 0 Å². The van der Waals surface area contributed by atoms with E-state index in [1.165, 1.54) is 21.4 Å². The summed E-state index contributed by atoms with van der Waals surface area (Å²) in [6.07, 6.45) is 3.60. The zero-order valence-corrected chi connectivity index (χ0v) is 14.9. The average Bonchev–Trinajstić information content (AvgIpc) is 3.07. The first-order valence-corrected chi connectivity index (χ1v) is 9.56. The molecule has 1 heterocycles. The summed E-state index contributed by atoms with van der Waals surface area (Å²) in [6.45, 7) is 0.751. The molecule has 0 spiro atoms. The quantitative estimate of drug-likeness (QED) is 0.655. The normalized spacial score (nSPS) is 11.8. The Labute approximate surface area is 148 Å². The van der Waals surface area contributed by atoms with Crippen molar-refractivity contribution in [3.63, 3.8) is 0 Å². The van der Waals surface area contributed by atoms with Crippen LogP contribution in [0.5, 0.6) is 0 Å². The molecule has 3 aromatic rings. The third-order valence-electron chi connectivity index (χ3n) is 4.01. The summed E-state index contributed by atoms with van der Waals surface area (Å²) < 4.78 is 29.1. The minimum atomic E-state index is -3.60. The van der Waals surface area contributed by atoms with Crippen molar-refractivity contribution < 1.29 is 8.42 Å². The maximum absolute atomic E-state index is 13.0. The van der Waals surface area contributed by atoms with Gasteiger partial charge in [0.1, 0.15) is 4.90 Å². The summed E-state index contributed by atoms with van der Waals surface area (Å²) in [6, 6.07) is 19.5. The molecule has 0 aliphatic rings. The molecule has 3 rings (SSSR count). The summed E-state index contributed by atoms with van der Waals surface area (Å²) in [5, 5.41) is 4.00. The van der Waals surface area contributed by atoms with E-state index in [0.717, 1.165) is 11.1 Å². The molecule has 25 heavy (non-hydrogen) atoms. The fourth-order valence-corrected chi connectivity index (χ4v) is 4.07. The smallest absolute Gasteiger partial charge is 0.246 e. The molecule has 0 unspecified atom stereocenters. The zero-order valence-electron chi connectivity index (χ0n) is 14.1. The van der Waals surface area contributed by atoms with Crippen LogP contribution in [0.3, 0.4) is 0 Å². The summed E-state index contributed by atoms with van der Waals surface area (Å²) >= 11 is 0. The molecule has 0 aliphatic carbocycles.